The highest BCUT2D eigenvalue weighted by Crippen LogP contribution is 2.31. The molecule has 2 atom stereocenters. The second-order valence-electron chi connectivity index (χ2n) is 4.50. The highest BCUT2D eigenvalue weighted by atomic mass is 32.1. The molecule has 0 saturated carbocycles. The zero-order valence-corrected chi connectivity index (χ0v) is 11.9. The molecule has 3 rings (SSSR count). The van der Waals surface area contributed by atoms with Crippen LogP contribution in [0, 0.1) is 0 Å². The van der Waals surface area contributed by atoms with Gasteiger partial charge in [0, 0.05) is 18.1 Å². The van der Waals surface area contributed by atoms with Crippen molar-refractivity contribution in [1.82, 2.24) is 9.88 Å². The number of carbonyl (C=O) groups excluding carboxylic acids is 1. The van der Waals surface area contributed by atoms with Gasteiger partial charge in [-0.25, -0.2) is 4.98 Å². The fraction of sp³-hybridized carbons (Fsp3) is 0.385. The van der Waals surface area contributed by atoms with Crippen LogP contribution >= 0.6 is 22.7 Å². The van der Waals surface area contributed by atoms with Gasteiger partial charge >= 0.3 is 0 Å². The van der Waals surface area contributed by atoms with Gasteiger partial charge in [0.2, 0.25) is 0 Å². The van der Waals surface area contributed by atoms with E-state index in [0.29, 0.717) is 11.6 Å². The Morgan fingerprint density at radius 2 is 2.37 bits per heavy atom. The van der Waals surface area contributed by atoms with E-state index in [1.165, 1.54) is 22.7 Å². The zero-order valence-electron chi connectivity index (χ0n) is 10.2. The molecule has 1 saturated heterocycles. The smallest absolute Gasteiger partial charge is 0.264 e. The fourth-order valence-corrected chi connectivity index (χ4v) is 3.82. The fourth-order valence-electron chi connectivity index (χ4n) is 2.46. The van der Waals surface area contributed by atoms with Crippen LogP contribution in [0.2, 0.25) is 0 Å². The van der Waals surface area contributed by atoms with E-state index in [0.717, 1.165) is 17.7 Å². The standard InChI is InChI=1S/C13H14N2O2S2/c16-11(12-14-5-8-19-12)9-3-1-6-15(9)13(17)10-4-2-7-18-10/h2,4-5,7-9,11,16H,1,3,6H2/t9-,11-/m0/s1. The first-order valence-electron chi connectivity index (χ1n) is 6.19. The van der Waals surface area contributed by atoms with Crippen molar-refractivity contribution in [3.05, 3.63) is 39.0 Å². The Kier molecular flexibility index (Phi) is 3.63. The number of hydrogen-bond acceptors (Lipinski definition) is 5. The number of aliphatic hydroxyl groups excluding tert-OH is 1. The molecule has 19 heavy (non-hydrogen) atoms. The van der Waals surface area contributed by atoms with Crippen LogP contribution in [0.25, 0.3) is 0 Å². The molecule has 0 bridgehead atoms. The summed E-state index contributed by atoms with van der Waals surface area (Å²) in [6.07, 6.45) is 2.78. The Bertz CT molecular complexity index is 539. The highest BCUT2D eigenvalue weighted by molar-refractivity contribution is 7.12. The predicted molar refractivity (Wildman–Crippen MR) is 75.5 cm³/mol. The van der Waals surface area contributed by atoms with E-state index in [-0.39, 0.29) is 11.9 Å². The monoisotopic (exact) mass is 294 g/mol. The average molecular weight is 294 g/mol. The SMILES string of the molecule is O=C(c1cccs1)N1CCC[C@H]1[C@H](O)c1nccs1. The second-order valence-corrected chi connectivity index (χ2v) is 6.37. The summed E-state index contributed by atoms with van der Waals surface area (Å²) in [4.78, 5) is 19.1. The lowest BCUT2D eigenvalue weighted by atomic mass is 10.1. The van der Waals surface area contributed by atoms with E-state index in [1.807, 2.05) is 22.9 Å². The molecule has 1 amide bonds. The van der Waals surface area contributed by atoms with Crippen LogP contribution in [0.3, 0.4) is 0 Å². The average Bonchev–Trinajstić information content (AvgIpc) is 3.16. The normalized spacial score (nSPS) is 20.7. The van der Waals surface area contributed by atoms with Gasteiger partial charge in [-0.1, -0.05) is 6.07 Å². The Morgan fingerprint density at radius 1 is 1.47 bits per heavy atom. The summed E-state index contributed by atoms with van der Waals surface area (Å²) in [5.41, 5.74) is 0. The van der Waals surface area contributed by atoms with Crippen LogP contribution < -0.4 is 0 Å². The van der Waals surface area contributed by atoms with Crippen LogP contribution in [-0.2, 0) is 0 Å². The Morgan fingerprint density at radius 3 is 3.05 bits per heavy atom. The van der Waals surface area contributed by atoms with Crippen LogP contribution in [0.15, 0.2) is 29.1 Å². The maximum atomic E-state index is 12.4. The predicted octanol–water partition coefficient (Wildman–Crippen LogP) is 2.54. The van der Waals surface area contributed by atoms with Crippen LogP contribution in [-0.4, -0.2) is 33.5 Å². The number of likely N-dealkylation sites (tertiary alicyclic amines) is 1. The van der Waals surface area contributed by atoms with Gasteiger partial charge in [-0.2, -0.15) is 0 Å². The Labute approximate surface area is 119 Å². The summed E-state index contributed by atoms with van der Waals surface area (Å²) >= 11 is 2.88. The minimum absolute atomic E-state index is 0.0214. The molecule has 1 fully saturated rings. The number of nitrogens with zero attached hydrogens (tertiary/aromatic N) is 2. The first-order valence-corrected chi connectivity index (χ1v) is 7.95. The number of thiazole rings is 1. The third-order valence-electron chi connectivity index (χ3n) is 3.36. The lowest BCUT2D eigenvalue weighted by Gasteiger charge is -2.27. The number of amides is 1. The van der Waals surface area contributed by atoms with E-state index in [9.17, 15) is 9.90 Å². The van der Waals surface area contributed by atoms with Gasteiger partial charge in [0.1, 0.15) is 11.1 Å². The number of thiophene rings is 1. The Hall–Kier alpha value is -1.24. The van der Waals surface area contributed by atoms with Crippen molar-refractivity contribution in [3.63, 3.8) is 0 Å². The number of carbonyl (C=O) groups is 1. The van der Waals surface area contributed by atoms with Crippen molar-refractivity contribution in [2.75, 3.05) is 6.54 Å². The minimum atomic E-state index is -0.675. The molecule has 4 nitrogen and oxygen atoms in total. The first-order chi connectivity index (χ1) is 9.27. The quantitative estimate of drug-likeness (QED) is 0.946. The molecular weight excluding hydrogens is 280 g/mol. The second kappa shape index (κ2) is 5.40. The van der Waals surface area contributed by atoms with Gasteiger partial charge in [-0.05, 0) is 24.3 Å². The third kappa shape index (κ3) is 2.43. The van der Waals surface area contributed by atoms with E-state index in [4.69, 9.17) is 0 Å². The molecule has 0 spiro atoms. The topological polar surface area (TPSA) is 53.4 Å². The molecule has 1 aliphatic rings. The van der Waals surface area contributed by atoms with Crippen LogP contribution in [0.4, 0.5) is 0 Å². The van der Waals surface area contributed by atoms with Crippen molar-refractivity contribution in [1.29, 1.82) is 0 Å². The van der Waals surface area contributed by atoms with Crippen molar-refractivity contribution >= 4 is 28.6 Å². The summed E-state index contributed by atoms with van der Waals surface area (Å²) in [6, 6.07) is 3.55. The van der Waals surface area contributed by atoms with Crippen LogP contribution in [0.1, 0.15) is 33.6 Å². The van der Waals surface area contributed by atoms with Crippen molar-refractivity contribution in [2.45, 2.75) is 25.0 Å². The van der Waals surface area contributed by atoms with Gasteiger partial charge < -0.3 is 10.0 Å². The number of rotatable bonds is 3. The lowest BCUT2D eigenvalue weighted by molar-refractivity contribution is 0.0490. The molecule has 100 valence electrons. The molecule has 1 N–H and O–H groups in total. The molecule has 0 radical (unpaired) electrons. The molecular formula is C13H14N2O2S2. The van der Waals surface area contributed by atoms with Gasteiger partial charge in [-0.3, -0.25) is 4.79 Å². The third-order valence-corrected chi connectivity index (χ3v) is 5.07. The maximum absolute atomic E-state index is 12.4. The van der Waals surface area contributed by atoms with E-state index >= 15 is 0 Å². The maximum Gasteiger partial charge on any atom is 0.264 e. The van der Waals surface area contributed by atoms with Crippen molar-refractivity contribution in [3.8, 4) is 0 Å². The first kappa shape index (κ1) is 12.8. The Balaban J connectivity index is 1.80. The summed E-state index contributed by atoms with van der Waals surface area (Å²) in [5.74, 6) is 0.0214. The zero-order chi connectivity index (χ0) is 13.2. The van der Waals surface area contributed by atoms with Crippen LogP contribution in [0.5, 0.6) is 0 Å². The van der Waals surface area contributed by atoms with Crippen molar-refractivity contribution < 1.29 is 9.90 Å². The number of hydrogen-bond donors (Lipinski definition) is 1. The molecule has 3 heterocycles. The molecule has 1 aliphatic heterocycles. The lowest BCUT2D eigenvalue weighted by Crippen LogP contribution is -2.38. The van der Waals surface area contributed by atoms with E-state index < -0.39 is 6.10 Å². The molecule has 2 aromatic heterocycles. The molecule has 0 aromatic carbocycles. The molecule has 6 heteroatoms. The van der Waals surface area contributed by atoms with E-state index in [1.54, 1.807) is 11.1 Å². The van der Waals surface area contributed by atoms with Gasteiger partial charge in [-0.15, -0.1) is 22.7 Å². The summed E-state index contributed by atoms with van der Waals surface area (Å²) < 4.78 is 0. The number of aromatic nitrogens is 1. The molecule has 0 unspecified atom stereocenters. The summed E-state index contributed by atoms with van der Waals surface area (Å²) in [5, 5.41) is 14.8. The molecule has 2 aromatic rings. The number of aliphatic hydroxyl groups is 1. The largest absolute Gasteiger partial charge is 0.384 e. The highest BCUT2D eigenvalue weighted by Gasteiger charge is 2.36. The van der Waals surface area contributed by atoms with Gasteiger partial charge in [0.25, 0.3) is 5.91 Å². The summed E-state index contributed by atoms with van der Waals surface area (Å²) in [7, 11) is 0. The minimum Gasteiger partial charge on any atom is -0.384 e. The van der Waals surface area contributed by atoms with E-state index in [2.05, 4.69) is 4.98 Å². The van der Waals surface area contributed by atoms with Gasteiger partial charge in [0.15, 0.2) is 0 Å². The van der Waals surface area contributed by atoms with Crippen molar-refractivity contribution in [2.24, 2.45) is 0 Å². The summed E-state index contributed by atoms with van der Waals surface area (Å²) in [6.45, 7) is 0.712. The molecule has 0 aliphatic carbocycles. The van der Waals surface area contributed by atoms with Gasteiger partial charge in [0.05, 0.1) is 10.9 Å².